The number of halogens is 1. The van der Waals surface area contributed by atoms with Gasteiger partial charge in [0.2, 0.25) is 5.91 Å². The minimum atomic E-state index is -0.672. The molecule has 7 heteroatoms. The van der Waals surface area contributed by atoms with E-state index in [1.165, 1.54) is 11.8 Å². The lowest BCUT2D eigenvalue weighted by Gasteiger charge is -2.14. The molecule has 0 spiro atoms. The summed E-state index contributed by atoms with van der Waals surface area (Å²) in [5.41, 5.74) is 11.1. The summed E-state index contributed by atoms with van der Waals surface area (Å²) in [7, 11) is 0. The average Bonchev–Trinajstić information content (AvgIpc) is 2.38. The van der Waals surface area contributed by atoms with E-state index < -0.39 is 11.9 Å². The Morgan fingerprint density at radius 2 is 1.89 bits per heavy atom. The van der Waals surface area contributed by atoms with Crippen LogP contribution in [-0.4, -0.2) is 35.9 Å². The molecule has 0 saturated carbocycles. The van der Waals surface area contributed by atoms with Gasteiger partial charge in [-0.1, -0.05) is 18.2 Å². The molecule has 1 aromatic carbocycles. The predicted molar refractivity (Wildman–Crippen MR) is 83.6 cm³/mol. The number of nitrogens with one attached hydrogen (secondary N) is 1. The van der Waals surface area contributed by atoms with Crippen LogP contribution in [0.1, 0.15) is 10.4 Å². The maximum Gasteiger partial charge on any atom is 0.251 e. The molecule has 0 unspecified atom stereocenters. The van der Waals surface area contributed by atoms with Crippen molar-refractivity contribution in [1.82, 2.24) is 5.32 Å². The van der Waals surface area contributed by atoms with E-state index in [4.69, 9.17) is 11.5 Å². The third kappa shape index (κ3) is 6.60. The molecule has 2 amide bonds. The summed E-state index contributed by atoms with van der Waals surface area (Å²) in [6.45, 7) is 0.531. The molecule has 5 N–H and O–H groups in total. The quantitative estimate of drug-likeness (QED) is 0.627. The highest BCUT2D eigenvalue weighted by Crippen LogP contribution is 2.04. The standard InChI is InChI=1S/C12H17N3O2S.BrH/c13-6-7-18-8-10(11(14)16)15-12(17)9-4-2-1-3-5-9;/h1-5,10H,6-8,13H2,(H2,14,16)(H,15,17);1H/t10-;/m0./s1. The zero-order valence-corrected chi connectivity index (χ0v) is 12.9. The van der Waals surface area contributed by atoms with Crippen LogP contribution in [0, 0.1) is 0 Å². The van der Waals surface area contributed by atoms with Gasteiger partial charge in [-0.3, -0.25) is 9.59 Å². The highest BCUT2D eigenvalue weighted by molar-refractivity contribution is 8.93. The Morgan fingerprint density at radius 3 is 2.42 bits per heavy atom. The molecule has 0 heterocycles. The lowest BCUT2D eigenvalue weighted by atomic mass is 10.2. The third-order valence-corrected chi connectivity index (χ3v) is 3.32. The minimum absolute atomic E-state index is 0. The Bertz CT molecular complexity index is 403. The SMILES string of the molecule is Br.NCCSC[C@H](NC(=O)c1ccccc1)C(N)=O. The van der Waals surface area contributed by atoms with Gasteiger partial charge in [0, 0.05) is 23.6 Å². The second-order valence-electron chi connectivity index (χ2n) is 3.66. The summed E-state index contributed by atoms with van der Waals surface area (Å²) in [5.74, 6) is 0.326. The van der Waals surface area contributed by atoms with Crippen molar-refractivity contribution in [1.29, 1.82) is 0 Å². The van der Waals surface area contributed by atoms with Gasteiger partial charge in [-0.15, -0.1) is 17.0 Å². The first-order valence-electron chi connectivity index (χ1n) is 5.58. The van der Waals surface area contributed by atoms with E-state index in [-0.39, 0.29) is 22.9 Å². The fraction of sp³-hybridized carbons (Fsp3) is 0.333. The van der Waals surface area contributed by atoms with E-state index >= 15 is 0 Å². The number of rotatable bonds is 7. The van der Waals surface area contributed by atoms with Crippen molar-refractivity contribution in [2.45, 2.75) is 6.04 Å². The highest BCUT2D eigenvalue weighted by atomic mass is 79.9. The Kier molecular flexibility index (Phi) is 9.28. The number of hydrogen-bond donors (Lipinski definition) is 3. The molecule has 0 aliphatic rings. The van der Waals surface area contributed by atoms with Crippen LogP contribution in [0.3, 0.4) is 0 Å². The summed E-state index contributed by atoms with van der Waals surface area (Å²) in [6.07, 6.45) is 0. The summed E-state index contributed by atoms with van der Waals surface area (Å²) in [5, 5.41) is 2.62. The van der Waals surface area contributed by atoms with Gasteiger partial charge in [0.1, 0.15) is 6.04 Å². The molecule has 5 nitrogen and oxygen atoms in total. The normalized spacial score (nSPS) is 11.2. The Hall–Kier alpha value is -1.05. The maximum atomic E-state index is 11.8. The number of nitrogens with two attached hydrogens (primary N) is 2. The lowest BCUT2D eigenvalue weighted by Crippen LogP contribution is -2.46. The van der Waals surface area contributed by atoms with E-state index in [0.717, 1.165) is 5.75 Å². The van der Waals surface area contributed by atoms with Gasteiger partial charge in [0.25, 0.3) is 5.91 Å². The fourth-order valence-electron chi connectivity index (χ4n) is 1.31. The molecule has 1 rings (SSSR count). The average molecular weight is 348 g/mol. The van der Waals surface area contributed by atoms with E-state index in [2.05, 4.69) is 5.32 Å². The monoisotopic (exact) mass is 347 g/mol. The van der Waals surface area contributed by atoms with Crippen molar-refractivity contribution >= 4 is 40.6 Å². The van der Waals surface area contributed by atoms with Crippen molar-refractivity contribution < 1.29 is 9.59 Å². The van der Waals surface area contributed by atoms with Crippen molar-refractivity contribution in [3.8, 4) is 0 Å². The summed E-state index contributed by atoms with van der Waals surface area (Å²) >= 11 is 1.49. The summed E-state index contributed by atoms with van der Waals surface area (Å²) in [6, 6.07) is 8.03. The second kappa shape index (κ2) is 9.82. The van der Waals surface area contributed by atoms with Gasteiger partial charge in [-0.05, 0) is 12.1 Å². The molecule has 1 atom stereocenters. The summed E-state index contributed by atoms with van der Waals surface area (Å²) < 4.78 is 0. The molecule has 19 heavy (non-hydrogen) atoms. The maximum absolute atomic E-state index is 11.8. The first-order valence-corrected chi connectivity index (χ1v) is 6.73. The van der Waals surface area contributed by atoms with Crippen molar-refractivity contribution in [2.75, 3.05) is 18.1 Å². The van der Waals surface area contributed by atoms with Crippen LogP contribution in [0.15, 0.2) is 30.3 Å². The van der Waals surface area contributed by atoms with Crippen LogP contribution < -0.4 is 16.8 Å². The van der Waals surface area contributed by atoms with E-state index in [1.807, 2.05) is 6.07 Å². The van der Waals surface area contributed by atoms with Gasteiger partial charge in [0.05, 0.1) is 0 Å². The van der Waals surface area contributed by atoms with Crippen LogP contribution in [0.2, 0.25) is 0 Å². The zero-order valence-electron chi connectivity index (χ0n) is 10.4. The molecule has 0 radical (unpaired) electrons. The molecule has 0 aliphatic carbocycles. The van der Waals surface area contributed by atoms with Crippen LogP contribution in [0.25, 0.3) is 0 Å². The smallest absolute Gasteiger partial charge is 0.251 e. The number of thioether (sulfide) groups is 1. The van der Waals surface area contributed by atoms with Gasteiger partial charge < -0.3 is 16.8 Å². The number of primary amides is 1. The topological polar surface area (TPSA) is 98.2 Å². The second-order valence-corrected chi connectivity index (χ2v) is 4.81. The number of hydrogen-bond acceptors (Lipinski definition) is 4. The van der Waals surface area contributed by atoms with Gasteiger partial charge in [0.15, 0.2) is 0 Å². The third-order valence-electron chi connectivity index (χ3n) is 2.23. The molecular weight excluding hydrogens is 330 g/mol. The first kappa shape index (κ1) is 17.9. The van der Waals surface area contributed by atoms with Gasteiger partial charge in [-0.2, -0.15) is 11.8 Å². The minimum Gasteiger partial charge on any atom is -0.368 e. The van der Waals surface area contributed by atoms with Crippen molar-refractivity contribution in [2.24, 2.45) is 11.5 Å². The van der Waals surface area contributed by atoms with E-state index in [1.54, 1.807) is 24.3 Å². The fourth-order valence-corrected chi connectivity index (χ4v) is 2.13. The Labute approximate surface area is 127 Å². The van der Waals surface area contributed by atoms with Gasteiger partial charge in [-0.25, -0.2) is 0 Å². The van der Waals surface area contributed by atoms with Crippen LogP contribution >= 0.6 is 28.7 Å². The van der Waals surface area contributed by atoms with E-state index in [9.17, 15) is 9.59 Å². The molecule has 0 aromatic heterocycles. The largest absolute Gasteiger partial charge is 0.368 e. The lowest BCUT2D eigenvalue weighted by molar-refractivity contribution is -0.119. The Balaban J connectivity index is 0.00000324. The van der Waals surface area contributed by atoms with Crippen LogP contribution in [-0.2, 0) is 4.79 Å². The number of carbonyl (C=O) groups excluding carboxylic acids is 2. The van der Waals surface area contributed by atoms with Gasteiger partial charge >= 0.3 is 0 Å². The Morgan fingerprint density at radius 1 is 1.26 bits per heavy atom. The molecule has 1 aromatic rings. The van der Waals surface area contributed by atoms with Crippen LogP contribution in [0.4, 0.5) is 0 Å². The summed E-state index contributed by atoms with van der Waals surface area (Å²) in [4.78, 5) is 23.1. The highest BCUT2D eigenvalue weighted by Gasteiger charge is 2.18. The predicted octanol–water partition coefficient (Wildman–Crippen LogP) is 0.540. The number of carbonyl (C=O) groups is 2. The van der Waals surface area contributed by atoms with E-state index in [0.29, 0.717) is 17.9 Å². The van der Waals surface area contributed by atoms with Crippen LogP contribution in [0.5, 0.6) is 0 Å². The molecule has 0 saturated heterocycles. The molecule has 0 aliphatic heterocycles. The molecular formula is C12H18BrN3O2S. The molecule has 0 bridgehead atoms. The zero-order chi connectivity index (χ0) is 13.4. The number of benzene rings is 1. The first-order chi connectivity index (χ1) is 8.65. The number of amides is 2. The van der Waals surface area contributed by atoms with Crippen molar-refractivity contribution in [3.05, 3.63) is 35.9 Å². The molecule has 0 fully saturated rings. The van der Waals surface area contributed by atoms with Crippen molar-refractivity contribution in [3.63, 3.8) is 0 Å². The molecule has 106 valence electrons.